The Bertz CT molecular complexity index is 466. The van der Waals surface area contributed by atoms with Gasteiger partial charge in [-0.1, -0.05) is 0 Å². The normalized spacial score (nSPS) is 19.0. The second-order valence-corrected chi connectivity index (χ2v) is 4.96. The molecule has 1 fully saturated rings. The molecule has 1 atom stereocenters. The summed E-state index contributed by atoms with van der Waals surface area (Å²) in [5.41, 5.74) is 0. The summed E-state index contributed by atoms with van der Waals surface area (Å²) in [5, 5.41) is 5.87. The number of ether oxygens (including phenoxy) is 1. The van der Waals surface area contributed by atoms with E-state index >= 15 is 0 Å². The molecule has 0 bridgehead atoms. The highest BCUT2D eigenvalue weighted by molar-refractivity contribution is 5.85. The first-order chi connectivity index (χ1) is 9.61. The number of rotatable bonds is 4. The van der Waals surface area contributed by atoms with Crippen LogP contribution in [0.4, 0.5) is 11.6 Å². The van der Waals surface area contributed by atoms with Gasteiger partial charge in [0.05, 0.1) is 25.6 Å². The van der Waals surface area contributed by atoms with Crippen molar-refractivity contribution in [3.05, 3.63) is 12.4 Å². The van der Waals surface area contributed by atoms with Crippen molar-refractivity contribution in [2.24, 2.45) is 0 Å². The molecule has 110 valence electrons. The maximum Gasteiger partial charge on any atom is 0.245 e. The van der Waals surface area contributed by atoms with Crippen molar-refractivity contribution in [1.82, 2.24) is 15.3 Å². The molecule has 1 amide bonds. The van der Waals surface area contributed by atoms with E-state index in [1.54, 1.807) is 19.4 Å². The summed E-state index contributed by atoms with van der Waals surface area (Å²) < 4.78 is 5.43. The molecule has 7 heteroatoms. The Morgan fingerprint density at radius 3 is 3.00 bits per heavy atom. The van der Waals surface area contributed by atoms with Crippen molar-refractivity contribution in [2.75, 3.05) is 37.0 Å². The van der Waals surface area contributed by atoms with Crippen LogP contribution >= 0.6 is 0 Å². The molecule has 1 aliphatic rings. The fourth-order valence-electron chi connectivity index (χ4n) is 2.09. The molecule has 1 unspecified atom stereocenters. The van der Waals surface area contributed by atoms with Crippen LogP contribution in [0.2, 0.25) is 0 Å². The summed E-state index contributed by atoms with van der Waals surface area (Å²) >= 11 is 0. The molecule has 0 aromatic carbocycles. The van der Waals surface area contributed by atoms with Gasteiger partial charge in [-0.3, -0.25) is 9.78 Å². The quantitative estimate of drug-likeness (QED) is 0.822. The lowest BCUT2D eigenvalue weighted by Gasteiger charge is -2.35. The molecule has 2 heterocycles. The van der Waals surface area contributed by atoms with Crippen LogP contribution in [0.5, 0.6) is 0 Å². The predicted molar refractivity (Wildman–Crippen MR) is 76.8 cm³/mol. The van der Waals surface area contributed by atoms with Gasteiger partial charge in [0.2, 0.25) is 5.91 Å². The van der Waals surface area contributed by atoms with Crippen LogP contribution in [0, 0.1) is 0 Å². The number of carbonyl (C=O) groups excluding carboxylic acids is 1. The summed E-state index contributed by atoms with van der Waals surface area (Å²) in [6.07, 6.45) is 3.31. The summed E-state index contributed by atoms with van der Waals surface area (Å²) in [4.78, 5) is 22.8. The number of aromatic nitrogens is 2. The maximum atomic E-state index is 12.3. The van der Waals surface area contributed by atoms with Crippen molar-refractivity contribution >= 4 is 17.5 Å². The number of hydrogen-bond donors (Lipinski definition) is 2. The van der Waals surface area contributed by atoms with Crippen LogP contribution in [0.25, 0.3) is 0 Å². The van der Waals surface area contributed by atoms with Gasteiger partial charge in [-0.2, -0.15) is 0 Å². The van der Waals surface area contributed by atoms with E-state index in [9.17, 15) is 4.79 Å². The zero-order valence-electron chi connectivity index (χ0n) is 12.1. The van der Waals surface area contributed by atoms with Crippen molar-refractivity contribution in [3.63, 3.8) is 0 Å². The standard InChI is InChI=1S/C13H21N5O2/c1-9(2)16-13(19)10-8-20-5-4-18(10)12-7-15-6-11(14-3)17-12/h6-7,9-10H,4-5,8H2,1-3H3,(H,14,17)(H,16,19). The lowest BCUT2D eigenvalue weighted by molar-refractivity contribution is -0.125. The number of nitrogens with zero attached hydrogens (tertiary/aromatic N) is 3. The van der Waals surface area contributed by atoms with Gasteiger partial charge in [-0.15, -0.1) is 0 Å². The molecule has 0 spiro atoms. The third-order valence-corrected chi connectivity index (χ3v) is 3.03. The summed E-state index contributed by atoms with van der Waals surface area (Å²) in [6.45, 7) is 5.44. The predicted octanol–water partition coefficient (Wildman–Crippen LogP) is 0.248. The molecule has 7 nitrogen and oxygen atoms in total. The lowest BCUT2D eigenvalue weighted by atomic mass is 10.2. The van der Waals surface area contributed by atoms with E-state index in [4.69, 9.17) is 4.74 Å². The van der Waals surface area contributed by atoms with E-state index in [1.807, 2.05) is 18.7 Å². The Morgan fingerprint density at radius 1 is 1.50 bits per heavy atom. The number of anilines is 2. The summed E-state index contributed by atoms with van der Waals surface area (Å²) in [5.74, 6) is 1.32. The van der Waals surface area contributed by atoms with Gasteiger partial charge in [0.25, 0.3) is 0 Å². The van der Waals surface area contributed by atoms with Gasteiger partial charge in [0, 0.05) is 19.6 Å². The molecule has 1 aliphatic heterocycles. The van der Waals surface area contributed by atoms with E-state index in [0.29, 0.717) is 31.4 Å². The van der Waals surface area contributed by atoms with Crippen LogP contribution in [-0.2, 0) is 9.53 Å². The number of morpholine rings is 1. The van der Waals surface area contributed by atoms with Gasteiger partial charge in [-0.05, 0) is 13.8 Å². The molecule has 1 saturated heterocycles. The number of nitrogens with one attached hydrogen (secondary N) is 2. The van der Waals surface area contributed by atoms with E-state index in [1.165, 1.54) is 0 Å². The van der Waals surface area contributed by atoms with Crippen molar-refractivity contribution < 1.29 is 9.53 Å². The Morgan fingerprint density at radius 2 is 2.30 bits per heavy atom. The van der Waals surface area contributed by atoms with E-state index in [2.05, 4.69) is 20.6 Å². The van der Waals surface area contributed by atoms with Gasteiger partial charge in [-0.25, -0.2) is 4.98 Å². The van der Waals surface area contributed by atoms with Crippen LogP contribution in [0.15, 0.2) is 12.4 Å². The van der Waals surface area contributed by atoms with Gasteiger partial charge in [0.1, 0.15) is 17.7 Å². The summed E-state index contributed by atoms with van der Waals surface area (Å²) in [6, 6.07) is -0.270. The Labute approximate surface area is 118 Å². The smallest absolute Gasteiger partial charge is 0.245 e. The third kappa shape index (κ3) is 3.36. The van der Waals surface area contributed by atoms with Crippen LogP contribution in [0.1, 0.15) is 13.8 Å². The lowest BCUT2D eigenvalue weighted by Crippen LogP contribution is -2.55. The Kier molecular flexibility index (Phi) is 4.73. The van der Waals surface area contributed by atoms with Gasteiger partial charge < -0.3 is 20.3 Å². The topological polar surface area (TPSA) is 79.4 Å². The third-order valence-electron chi connectivity index (χ3n) is 3.03. The zero-order chi connectivity index (χ0) is 14.5. The van der Waals surface area contributed by atoms with E-state index in [-0.39, 0.29) is 18.0 Å². The Hall–Kier alpha value is -1.89. The molecular weight excluding hydrogens is 258 g/mol. The molecule has 1 aromatic heterocycles. The molecule has 0 aliphatic carbocycles. The number of amides is 1. The maximum absolute atomic E-state index is 12.3. The van der Waals surface area contributed by atoms with Crippen LogP contribution in [0.3, 0.4) is 0 Å². The molecule has 0 saturated carbocycles. The first-order valence-corrected chi connectivity index (χ1v) is 6.76. The first kappa shape index (κ1) is 14.5. The summed E-state index contributed by atoms with van der Waals surface area (Å²) in [7, 11) is 1.79. The molecule has 20 heavy (non-hydrogen) atoms. The highest BCUT2D eigenvalue weighted by Crippen LogP contribution is 2.18. The first-order valence-electron chi connectivity index (χ1n) is 6.76. The second kappa shape index (κ2) is 6.51. The largest absolute Gasteiger partial charge is 0.377 e. The molecule has 2 rings (SSSR count). The van der Waals surface area contributed by atoms with Crippen molar-refractivity contribution in [3.8, 4) is 0 Å². The van der Waals surface area contributed by atoms with E-state index < -0.39 is 0 Å². The van der Waals surface area contributed by atoms with Crippen molar-refractivity contribution in [1.29, 1.82) is 0 Å². The van der Waals surface area contributed by atoms with Crippen molar-refractivity contribution in [2.45, 2.75) is 25.9 Å². The second-order valence-electron chi connectivity index (χ2n) is 4.96. The average molecular weight is 279 g/mol. The van der Waals surface area contributed by atoms with Gasteiger partial charge >= 0.3 is 0 Å². The van der Waals surface area contributed by atoms with Crippen LogP contribution < -0.4 is 15.5 Å². The minimum atomic E-state index is -0.368. The number of hydrogen-bond acceptors (Lipinski definition) is 6. The molecule has 1 aromatic rings. The molecule has 2 N–H and O–H groups in total. The number of carbonyl (C=O) groups is 1. The SMILES string of the molecule is CNc1cncc(N2CCOCC2C(=O)NC(C)C)n1. The zero-order valence-corrected chi connectivity index (χ0v) is 12.1. The minimum Gasteiger partial charge on any atom is -0.377 e. The molecular formula is C13H21N5O2. The Balaban J connectivity index is 2.19. The van der Waals surface area contributed by atoms with E-state index in [0.717, 1.165) is 0 Å². The highest BCUT2D eigenvalue weighted by atomic mass is 16.5. The molecule has 0 radical (unpaired) electrons. The average Bonchev–Trinajstić information content (AvgIpc) is 2.46. The highest BCUT2D eigenvalue weighted by Gasteiger charge is 2.30. The van der Waals surface area contributed by atoms with Gasteiger partial charge in [0.15, 0.2) is 0 Å². The fourth-order valence-corrected chi connectivity index (χ4v) is 2.09. The van der Waals surface area contributed by atoms with Crippen LogP contribution in [-0.4, -0.2) is 54.8 Å². The fraction of sp³-hybridized carbons (Fsp3) is 0.615. The minimum absolute atomic E-state index is 0.0450. The monoisotopic (exact) mass is 279 g/mol.